The Morgan fingerprint density at radius 1 is 1.15 bits per heavy atom. The van der Waals surface area contributed by atoms with Crippen LogP contribution in [0.3, 0.4) is 0 Å². The third-order valence-electron chi connectivity index (χ3n) is 5.27. The number of hydrogen-bond acceptors (Lipinski definition) is 4. The topological polar surface area (TPSA) is 97.6 Å². The SMILES string of the molecule is COc1cc2c(CC(=O)NCCC(=O)O)c(C)n(C(=O)c3ccc(C(F)(F)F)cc3)c2cc1Cl. The van der Waals surface area contributed by atoms with Crippen LogP contribution in [0.1, 0.15) is 33.6 Å². The number of halogens is 4. The molecular weight excluding hydrogens is 477 g/mol. The summed E-state index contributed by atoms with van der Waals surface area (Å²) in [6.45, 7) is 1.54. The average Bonchev–Trinajstić information content (AvgIpc) is 3.02. The molecule has 0 saturated carbocycles. The first-order valence-electron chi connectivity index (χ1n) is 10.0. The standard InChI is InChI=1S/C23H20ClF3N2O5/c1-12-15(10-20(30)28-8-7-21(31)32)16-9-19(34-2)17(24)11-18(16)29(12)22(33)13-3-5-14(6-4-13)23(25,26)27/h3-6,9,11H,7-8,10H2,1-2H3,(H,28,30)(H,31,32). The number of benzene rings is 2. The molecule has 0 atom stereocenters. The Morgan fingerprint density at radius 3 is 2.35 bits per heavy atom. The number of carboxylic acids is 1. The Morgan fingerprint density at radius 2 is 1.79 bits per heavy atom. The normalized spacial score (nSPS) is 11.5. The van der Waals surface area contributed by atoms with E-state index in [-0.39, 0.29) is 30.0 Å². The fourth-order valence-corrected chi connectivity index (χ4v) is 3.82. The summed E-state index contributed by atoms with van der Waals surface area (Å²) in [5, 5.41) is 11.9. The highest BCUT2D eigenvalue weighted by Crippen LogP contribution is 2.36. The summed E-state index contributed by atoms with van der Waals surface area (Å²) in [4.78, 5) is 36.4. The van der Waals surface area contributed by atoms with Crippen LogP contribution < -0.4 is 10.1 Å². The van der Waals surface area contributed by atoms with Crippen molar-refractivity contribution < 1.29 is 37.4 Å². The number of nitrogens with one attached hydrogen (secondary N) is 1. The molecule has 7 nitrogen and oxygen atoms in total. The molecule has 0 radical (unpaired) electrons. The largest absolute Gasteiger partial charge is 0.495 e. The molecule has 3 aromatic rings. The fourth-order valence-electron chi connectivity index (χ4n) is 3.58. The number of carbonyl (C=O) groups excluding carboxylic acids is 2. The Hall–Kier alpha value is -3.53. The molecular formula is C23H20ClF3N2O5. The Balaban J connectivity index is 2.06. The van der Waals surface area contributed by atoms with Gasteiger partial charge in [-0.15, -0.1) is 0 Å². The predicted molar refractivity (Wildman–Crippen MR) is 118 cm³/mol. The van der Waals surface area contributed by atoms with Crippen molar-refractivity contribution in [2.75, 3.05) is 13.7 Å². The molecule has 0 unspecified atom stereocenters. The molecule has 2 aromatic carbocycles. The molecule has 180 valence electrons. The van der Waals surface area contributed by atoms with Gasteiger partial charge in [-0.3, -0.25) is 19.0 Å². The maximum absolute atomic E-state index is 13.3. The number of aromatic nitrogens is 1. The first kappa shape index (κ1) is 25.1. The number of methoxy groups -OCH3 is 1. The smallest absolute Gasteiger partial charge is 0.416 e. The van der Waals surface area contributed by atoms with E-state index in [0.717, 1.165) is 24.3 Å². The molecule has 0 saturated heterocycles. The monoisotopic (exact) mass is 496 g/mol. The van der Waals surface area contributed by atoms with Gasteiger partial charge in [0.05, 0.1) is 36.1 Å². The van der Waals surface area contributed by atoms with E-state index in [1.807, 2.05) is 0 Å². The van der Waals surface area contributed by atoms with E-state index in [1.165, 1.54) is 17.7 Å². The lowest BCUT2D eigenvalue weighted by atomic mass is 10.1. The molecule has 2 N–H and O–H groups in total. The molecule has 1 heterocycles. The second-order valence-electron chi connectivity index (χ2n) is 7.45. The van der Waals surface area contributed by atoms with Crippen LogP contribution in [-0.4, -0.2) is 41.1 Å². The van der Waals surface area contributed by atoms with E-state index in [4.69, 9.17) is 21.4 Å². The van der Waals surface area contributed by atoms with Crippen molar-refractivity contribution in [2.24, 2.45) is 0 Å². The average molecular weight is 497 g/mol. The summed E-state index contributed by atoms with van der Waals surface area (Å²) in [5.74, 6) is -1.82. The highest BCUT2D eigenvalue weighted by molar-refractivity contribution is 6.33. The lowest BCUT2D eigenvalue weighted by Crippen LogP contribution is -2.27. The molecule has 1 amide bonds. The van der Waals surface area contributed by atoms with Crippen molar-refractivity contribution in [1.29, 1.82) is 0 Å². The predicted octanol–water partition coefficient (Wildman–Crippen LogP) is 4.45. The summed E-state index contributed by atoms with van der Waals surface area (Å²) in [6, 6.07) is 6.86. The van der Waals surface area contributed by atoms with Gasteiger partial charge in [0.25, 0.3) is 5.91 Å². The number of nitrogens with zero attached hydrogens (tertiary/aromatic N) is 1. The van der Waals surface area contributed by atoms with Crippen molar-refractivity contribution in [3.63, 3.8) is 0 Å². The molecule has 3 rings (SSSR count). The highest BCUT2D eigenvalue weighted by Gasteiger charge is 2.30. The second kappa shape index (κ2) is 9.76. The van der Waals surface area contributed by atoms with Gasteiger partial charge in [-0.25, -0.2) is 0 Å². The van der Waals surface area contributed by atoms with Gasteiger partial charge in [0, 0.05) is 23.2 Å². The van der Waals surface area contributed by atoms with Crippen LogP contribution in [0.15, 0.2) is 36.4 Å². The fraction of sp³-hybridized carbons (Fsp3) is 0.261. The van der Waals surface area contributed by atoms with Gasteiger partial charge >= 0.3 is 12.1 Å². The molecule has 0 aliphatic heterocycles. The number of ether oxygens (including phenoxy) is 1. The van der Waals surface area contributed by atoms with E-state index in [0.29, 0.717) is 27.9 Å². The van der Waals surface area contributed by atoms with Crippen LogP contribution in [0.25, 0.3) is 10.9 Å². The van der Waals surface area contributed by atoms with Crippen LogP contribution >= 0.6 is 11.6 Å². The van der Waals surface area contributed by atoms with Crippen molar-refractivity contribution in [1.82, 2.24) is 9.88 Å². The molecule has 0 aliphatic carbocycles. The van der Waals surface area contributed by atoms with Crippen LogP contribution in [-0.2, 0) is 22.2 Å². The van der Waals surface area contributed by atoms with E-state index in [2.05, 4.69) is 5.32 Å². The molecule has 0 bridgehead atoms. The minimum Gasteiger partial charge on any atom is -0.495 e. The maximum atomic E-state index is 13.3. The minimum atomic E-state index is -4.54. The first-order chi connectivity index (χ1) is 15.9. The Labute approximate surface area is 197 Å². The Kier molecular flexibility index (Phi) is 7.21. The van der Waals surface area contributed by atoms with Crippen LogP contribution in [0, 0.1) is 6.92 Å². The van der Waals surface area contributed by atoms with Gasteiger partial charge in [-0.2, -0.15) is 13.2 Å². The summed E-state index contributed by atoms with van der Waals surface area (Å²) in [7, 11) is 1.41. The number of amides is 1. The van der Waals surface area contributed by atoms with Crippen LogP contribution in [0.5, 0.6) is 5.75 Å². The van der Waals surface area contributed by atoms with Gasteiger partial charge in [0.15, 0.2) is 0 Å². The molecule has 1 aromatic heterocycles. The zero-order valence-corrected chi connectivity index (χ0v) is 18.9. The number of hydrogen-bond donors (Lipinski definition) is 2. The molecule has 34 heavy (non-hydrogen) atoms. The zero-order valence-electron chi connectivity index (χ0n) is 18.1. The van der Waals surface area contributed by atoms with Crippen LogP contribution in [0.2, 0.25) is 5.02 Å². The molecule has 0 aliphatic rings. The van der Waals surface area contributed by atoms with E-state index < -0.39 is 29.5 Å². The number of aliphatic carboxylic acids is 1. The van der Waals surface area contributed by atoms with Crippen molar-refractivity contribution in [3.8, 4) is 5.75 Å². The van der Waals surface area contributed by atoms with Gasteiger partial charge in [0.2, 0.25) is 5.91 Å². The number of fused-ring (bicyclic) bond motifs is 1. The van der Waals surface area contributed by atoms with Gasteiger partial charge < -0.3 is 15.2 Å². The molecule has 0 fully saturated rings. The summed E-state index contributed by atoms with van der Waals surface area (Å²) in [6.07, 6.45) is -4.95. The summed E-state index contributed by atoms with van der Waals surface area (Å²) in [5.41, 5.74) is 0.333. The number of alkyl halides is 3. The van der Waals surface area contributed by atoms with Crippen molar-refractivity contribution in [2.45, 2.75) is 25.9 Å². The van der Waals surface area contributed by atoms with Gasteiger partial charge in [-0.1, -0.05) is 11.6 Å². The van der Waals surface area contributed by atoms with Gasteiger partial charge in [0.1, 0.15) is 5.75 Å². The maximum Gasteiger partial charge on any atom is 0.416 e. The van der Waals surface area contributed by atoms with Crippen molar-refractivity contribution >= 4 is 40.3 Å². The minimum absolute atomic E-state index is 0.0115. The van der Waals surface area contributed by atoms with E-state index in [1.54, 1.807) is 13.0 Å². The highest BCUT2D eigenvalue weighted by atomic mass is 35.5. The van der Waals surface area contributed by atoms with Crippen LogP contribution in [0.4, 0.5) is 13.2 Å². The Bertz CT molecular complexity index is 1270. The quantitative estimate of drug-likeness (QED) is 0.503. The number of rotatable bonds is 7. The molecule has 0 spiro atoms. The lowest BCUT2D eigenvalue weighted by molar-refractivity contribution is -0.138. The second-order valence-corrected chi connectivity index (χ2v) is 7.86. The summed E-state index contributed by atoms with van der Waals surface area (Å²) < 4.78 is 45.2. The number of carboxylic acid groups (broad SMARTS) is 1. The van der Waals surface area contributed by atoms with Crippen molar-refractivity contribution in [3.05, 3.63) is 63.8 Å². The number of carbonyl (C=O) groups is 3. The summed E-state index contributed by atoms with van der Waals surface area (Å²) >= 11 is 6.25. The first-order valence-corrected chi connectivity index (χ1v) is 10.4. The zero-order chi connectivity index (χ0) is 25.2. The van der Waals surface area contributed by atoms with E-state index >= 15 is 0 Å². The molecule has 11 heteroatoms. The third kappa shape index (κ3) is 5.17. The third-order valence-corrected chi connectivity index (χ3v) is 5.56. The van der Waals surface area contributed by atoms with Gasteiger partial charge in [-0.05, 0) is 48.9 Å². The lowest BCUT2D eigenvalue weighted by Gasteiger charge is -2.10. The van der Waals surface area contributed by atoms with E-state index in [9.17, 15) is 27.6 Å².